The zero-order valence-electron chi connectivity index (χ0n) is 15.1. The minimum atomic E-state index is -0.211. The normalized spacial score (nSPS) is 22.1. The van der Waals surface area contributed by atoms with Crippen LogP contribution in [0.5, 0.6) is 0 Å². The Bertz CT molecular complexity index is 650. The SMILES string of the molecule is CN=C(NCc1ccc(NC)cc1)/C(=C/N)C(N)=NC1CCC(C)O1. The summed E-state index contributed by atoms with van der Waals surface area (Å²) in [5.74, 6) is 0.938. The van der Waals surface area contributed by atoms with Crippen molar-refractivity contribution in [1.82, 2.24) is 5.32 Å². The van der Waals surface area contributed by atoms with Gasteiger partial charge in [-0.15, -0.1) is 0 Å². The summed E-state index contributed by atoms with van der Waals surface area (Å²) in [6.45, 7) is 2.64. The fourth-order valence-electron chi connectivity index (χ4n) is 2.66. The van der Waals surface area contributed by atoms with Crippen LogP contribution >= 0.6 is 0 Å². The van der Waals surface area contributed by atoms with Crippen molar-refractivity contribution in [2.75, 3.05) is 19.4 Å². The lowest BCUT2D eigenvalue weighted by Crippen LogP contribution is -2.33. The highest BCUT2D eigenvalue weighted by Gasteiger charge is 2.22. The fraction of sp³-hybridized carbons (Fsp3) is 0.444. The highest BCUT2D eigenvalue weighted by Crippen LogP contribution is 2.20. The molecule has 0 bridgehead atoms. The molecule has 1 aliphatic heterocycles. The lowest BCUT2D eigenvalue weighted by molar-refractivity contribution is 0.0616. The van der Waals surface area contributed by atoms with Gasteiger partial charge in [0, 0.05) is 32.5 Å². The maximum absolute atomic E-state index is 6.13. The molecular weight excluding hydrogens is 316 g/mol. The second-order valence-corrected chi connectivity index (χ2v) is 5.95. The molecule has 7 heteroatoms. The molecular formula is C18H28N6O. The Kier molecular flexibility index (Phi) is 6.82. The van der Waals surface area contributed by atoms with Gasteiger partial charge in [0.1, 0.15) is 11.7 Å². The van der Waals surface area contributed by atoms with Gasteiger partial charge in [0.25, 0.3) is 0 Å². The van der Waals surface area contributed by atoms with Crippen molar-refractivity contribution < 1.29 is 4.74 Å². The molecule has 0 radical (unpaired) electrons. The number of nitrogens with one attached hydrogen (secondary N) is 2. The van der Waals surface area contributed by atoms with E-state index in [1.165, 1.54) is 6.20 Å². The van der Waals surface area contributed by atoms with E-state index in [9.17, 15) is 0 Å². The largest absolute Gasteiger partial charge is 0.404 e. The molecule has 1 aromatic carbocycles. The molecule has 2 atom stereocenters. The highest BCUT2D eigenvalue weighted by atomic mass is 16.5. The van der Waals surface area contributed by atoms with E-state index in [0.29, 0.717) is 23.8 Å². The Hall–Kier alpha value is -2.54. The number of amidine groups is 2. The molecule has 0 amide bonds. The van der Waals surface area contributed by atoms with Gasteiger partial charge in [-0.3, -0.25) is 4.99 Å². The summed E-state index contributed by atoms with van der Waals surface area (Å²) < 4.78 is 5.69. The molecule has 25 heavy (non-hydrogen) atoms. The number of nitrogens with two attached hydrogens (primary N) is 2. The van der Waals surface area contributed by atoms with Crippen LogP contribution in [0.15, 0.2) is 46.0 Å². The van der Waals surface area contributed by atoms with Crippen LogP contribution in [0.4, 0.5) is 5.69 Å². The van der Waals surface area contributed by atoms with E-state index in [2.05, 4.69) is 20.6 Å². The summed E-state index contributed by atoms with van der Waals surface area (Å²) in [5.41, 5.74) is 14.7. The van der Waals surface area contributed by atoms with Crippen molar-refractivity contribution in [3.8, 4) is 0 Å². The first-order chi connectivity index (χ1) is 12.1. The van der Waals surface area contributed by atoms with Gasteiger partial charge in [-0.1, -0.05) is 12.1 Å². The molecule has 2 unspecified atom stereocenters. The predicted molar refractivity (Wildman–Crippen MR) is 104 cm³/mol. The number of hydrogen-bond acceptors (Lipinski definition) is 5. The maximum atomic E-state index is 6.13. The molecule has 1 aromatic rings. The van der Waals surface area contributed by atoms with Gasteiger partial charge in [-0.2, -0.15) is 0 Å². The Morgan fingerprint density at radius 3 is 2.56 bits per heavy atom. The number of anilines is 1. The van der Waals surface area contributed by atoms with Crippen molar-refractivity contribution in [2.45, 2.75) is 38.6 Å². The molecule has 0 aromatic heterocycles. The molecule has 0 saturated carbocycles. The van der Waals surface area contributed by atoms with Crippen LogP contribution < -0.4 is 22.1 Å². The summed E-state index contributed by atoms with van der Waals surface area (Å²) in [4.78, 5) is 8.70. The molecule has 1 fully saturated rings. The minimum Gasteiger partial charge on any atom is -0.404 e. The quantitative estimate of drug-likeness (QED) is 0.462. The molecule has 1 saturated heterocycles. The standard InChI is InChI=1S/C18H28N6O/c1-12-4-9-16(25-12)24-17(20)15(10-19)18(22-3)23-11-13-5-7-14(21-2)8-6-13/h5-8,10,12,16,21H,4,9,11,19H2,1-3H3,(H2,20,24)(H,22,23)/b15-10+. The van der Waals surface area contributed by atoms with E-state index in [1.54, 1.807) is 7.05 Å². The fourth-order valence-corrected chi connectivity index (χ4v) is 2.66. The van der Waals surface area contributed by atoms with Crippen molar-refractivity contribution >= 4 is 17.4 Å². The van der Waals surface area contributed by atoms with Gasteiger partial charge in [0.05, 0.1) is 11.7 Å². The second-order valence-electron chi connectivity index (χ2n) is 5.95. The van der Waals surface area contributed by atoms with Crippen LogP contribution in [-0.2, 0) is 11.3 Å². The van der Waals surface area contributed by atoms with Gasteiger partial charge in [-0.25, -0.2) is 4.99 Å². The van der Waals surface area contributed by atoms with E-state index < -0.39 is 0 Å². The summed E-state index contributed by atoms with van der Waals surface area (Å²) in [6, 6.07) is 8.13. The average Bonchev–Trinajstić information content (AvgIpc) is 3.03. The molecule has 2 rings (SSSR count). The lowest BCUT2D eigenvalue weighted by atomic mass is 10.2. The van der Waals surface area contributed by atoms with Crippen molar-refractivity contribution in [3.63, 3.8) is 0 Å². The first kappa shape index (κ1) is 18.8. The molecule has 136 valence electrons. The van der Waals surface area contributed by atoms with Gasteiger partial charge in [0.15, 0.2) is 6.23 Å². The third-order valence-electron chi connectivity index (χ3n) is 4.12. The molecule has 0 aliphatic carbocycles. The Morgan fingerprint density at radius 1 is 1.32 bits per heavy atom. The van der Waals surface area contributed by atoms with E-state index >= 15 is 0 Å². The molecule has 1 aliphatic rings. The Balaban J connectivity index is 2.02. The van der Waals surface area contributed by atoms with Crippen LogP contribution in [0.1, 0.15) is 25.3 Å². The van der Waals surface area contributed by atoms with Gasteiger partial charge < -0.3 is 26.8 Å². The Labute approximate surface area is 149 Å². The molecule has 7 nitrogen and oxygen atoms in total. The number of hydrogen-bond donors (Lipinski definition) is 4. The molecule has 6 N–H and O–H groups in total. The van der Waals surface area contributed by atoms with E-state index in [0.717, 1.165) is 24.1 Å². The van der Waals surface area contributed by atoms with Crippen LogP contribution in [0.2, 0.25) is 0 Å². The third kappa shape index (κ3) is 5.22. The third-order valence-corrected chi connectivity index (χ3v) is 4.12. The van der Waals surface area contributed by atoms with Crippen molar-refractivity contribution in [1.29, 1.82) is 0 Å². The van der Waals surface area contributed by atoms with Crippen LogP contribution in [0.3, 0.4) is 0 Å². The van der Waals surface area contributed by atoms with Crippen molar-refractivity contribution in [2.24, 2.45) is 21.5 Å². The number of nitrogens with zero attached hydrogens (tertiary/aromatic N) is 2. The van der Waals surface area contributed by atoms with Gasteiger partial charge >= 0.3 is 0 Å². The van der Waals surface area contributed by atoms with Crippen LogP contribution in [-0.4, -0.2) is 38.1 Å². The molecule has 0 spiro atoms. The topological polar surface area (TPSA) is 110 Å². The predicted octanol–water partition coefficient (Wildman–Crippen LogP) is 1.57. The second kappa shape index (κ2) is 9.08. The molecule has 1 heterocycles. The smallest absolute Gasteiger partial charge is 0.151 e. The first-order valence-corrected chi connectivity index (χ1v) is 8.46. The summed E-state index contributed by atoms with van der Waals surface area (Å²) >= 11 is 0. The number of rotatable bonds is 6. The average molecular weight is 344 g/mol. The van der Waals surface area contributed by atoms with Gasteiger partial charge in [-0.05, 0) is 37.5 Å². The number of aliphatic imine (C=N–C) groups is 2. The zero-order valence-corrected chi connectivity index (χ0v) is 15.1. The lowest BCUT2D eigenvalue weighted by Gasteiger charge is -2.14. The zero-order chi connectivity index (χ0) is 18.2. The van der Waals surface area contributed by atoms with E-state index in [1.807, 2.05) is 38.2 Å². The summed E-state index contributed by atoms with van der Waals surface area (Å²) in [6.07, 6.45) is 3.28. The summed E-state index contributed by atoms with van der Waals surface area (Å²) in [7, 11) is 3.59. The highest BCUT2D eigenvalue weighted by molar-refractivity contribution is 6.22. The minimum absolute atomic E-state index is 0.211. The first-order valence-electron chi connectivity index (χ1n) is 8.46. The van der Waals surface area contributed by atoms with E-state index in [-0.39, 0.29) is 12.3 Å². The van der Waals surface area contributed by atoms with Crippen molar-refractivity contribution in [3.05, 3.63) is 41.6 Å². The summed E-state index contributed by atoms with van der Waals surface area (Å²) in [5, 5.41) is 6.36. The number of ether oxygens (including phenoxy) is 1. The maximum Gasteiger partial charge on any atom is 0.151 e. The van der Waals surface area contributed by atoms with Crippen LogP contribution in [0, 0.1) is 0 Å². The van der Waals surface area contributed by atoms with E-state index in [4.69, 9.17) is 16.2 Å². The Morgan fingerprint density at radius 2 is 2.04 bits per heavy atom. The van der Waals surface area contributed by atoms with Gasteiger partial charge in [0.2, 0.25) is 0 Å². The van der Waals surface area contributed by atoms with Crippen LogP contribution in [0.25, 0.3) is 0 Å². The monoisotopic (exact) mass is 344 g/mol. The number of benzene rings is 1.